The standard InChI is InChI=1S/C21H29O2.C18H23O3.CH3I.2Y/c1-13(2)14-7-11-21(4)16-8-10-20(3)9-5-6-15(20)18(16)23-19(22)17(21)12-14;1-17-7-3-4-12(17)15-13(6-8-17)18(2)9-5-11(19)10-14(18)16(20)21-15;1-2;;/h9,16-17H,5-8,10-12H2,1-4H3;7,13-14H,3-6,8-10H2,1-2H3;1H3;;/q2*-1;;;. The Kier molecular flexibility index (Phi) is 13.5. The van der Waals surface area contributed by atoms with Crippen molar-refractivity contribution in [2.24, 2.45) is 45.3 Å². The Labute approximate surface area is 354 Å². The summed E-state index contributed by atoms with van der Waals surface area (Å²) in [6, 6.07) is 0. The number of Topliss-reactive ketones (excluding diaryl/α,β-unsaturated/α-hetero) is 1. The molecule has 2 heterocycles. The molecule has 0 amide bonds. The summed E-state index contributed by atoms with van der Waals surface area (Å²) in [6.07, 6.45) is 18.9. The third kappa shape index (κ3) is 6.94. The van der Waals surface area contributed by atoms with Crippen LogP contribution in [0.1, 0.15) is 131 Å². The van der Waals surface area contributed by atoms with Gasteiger partial charge in [-0.1, -0.05) is 98.3 Å². The number of esters is 2. The van der Waals surface area contributed by atoms with E-state index in [0.717, 1.165) is 75.7 Å². The number of alkyl halides is 1. The van der Waals surface area contributed by atoms with E-state index in [9.17, 15) is 14.4 Å². The van der Waals surface area contributed by atoms with Crippen LogP contribution in [-0.4, -0.2) is 22.7 Å². The van der Waals surface area contributed by atoms with Crippen LogP contribution in [0.2, 0.25) is 0 Å². The molecule has 8 aliphatic rings. The summed E-state index contributed by atoms with van der Waals surface area (Å²) in [4.78, 5) is 39.1. The molecule has 8 atom stereocenters. The van der Waals surface area contributed by atoms with Crippen LogP contribution < -0.4 is 0 Å². The average molecular weight is 921 g/mol. The summed E-state index contributed by atoms with van der Waals surface area (Å²) < 4.78 is 11.9. The smallest absolute Gasteiger partial charge is 0.315 e. The van der Waals surface area contributed by atoms with Gasteiger partial charge in [-0.25, -0.2) is 0 Å². The van der Waals surface area contributed by atoms with Crippen molar-refractivity contribution in [1.29, 1.82) is 0 Å². The first kappa shape index (κ1) is 41.5. The molecule has 5 nitrogen and oxygen atoms in total. The van der Waals surface area contributed by atoms with E-state index in [2.05, 4.69) is 77.0 Å². The van der Waals surface area contributed by atoms with Crippen LogP contribution in [0.3, 0.4) is 0 Å². The van der Waals surface area contributed by atoms with Crippen LogP contribution in [0.5, 0.6) is 0 Å². The van der Waals surface area contributed by atoms with Crippen molar-refractivity contribution in [3.8, 4) is 0 Å². The van der Waals surface area contributed by atoms with Gasteiger partial charge in [0.1, 0.15) is 17.3 Å². The number of rotatable bonds is 0. The summed E-state index contributed by atoms with van der Waals surface area (Å²) in [5.41, 5.74) is 6.03. The second-order valence-corrected chi connectivity index (χ2v) is 16.7. The number of carbonyl (C=O) groups is 3. The molecule has 2 saturated heterocycles. The summed E-state index contributed by atoms with van der Waals surface area (Å²) in [7, 11) is 0. The molecule has 4 saturated carbocycles. The molecular formula is C40H55IO5Y2-2. The van der Waals surface area contributed by atoms with Crippen molar-refractivity contribution in [1.82, 2.24) is 0 Å². The van der Waals surface area contributed by atoms with Crippen molar-refractivity contribution >= 4 is 40.3 Å². The van der Waals surface area contributed by atoms with Crippen molar-refractivity contribution in [2.45, 2.75) is 131 Å². The van der Waals surface area contributed by atoms with Gasteiger partial charge in [-0.2, -0.15) is 12.8 Å². The zero-order valence-corrected chi connectivity index (χ0v) is 38.3. The van der Waals surface area contributed by atoms with Crippen LogP contribution in [0.15, 0.2) is 33.8 Å². The van der Waals surface area contributed by atoms with Gasteiger partial charge in [-0.15, -0.1) is 10.8 Å². The normalized spacial score (nSPS) is 40.7. The topological polar surface area (TPSA) is 69.7 Å². The number of hydrogen-bond acceptors (Lipinski definition) is 5. The Bertz CT molecular complexity index is 1410. The Hall–Kier alpha value is 0.768. The molecule has 8 heteroatoms. The molecule has 2 radical (unpaired) electrons. The molecule has 0 bridgehead atoms. The van der Waals surface area contributed by atoms with Gasteiger partial charge in [0.25, 0.3) is 0 Å². The van der Waals surface area contributed by atoms with E-state index in [1.165, 1.54) is 35.1 Å². The Balaban J connectivity index is 0.000000199. The van der Waals surface area contributed by atoms with Gasteiger partial charge in [0.2, 0.25) is 0 Å². The Morgan fingerprint density at radius 2 is 1.08 bits per heavy atom. The third-order valence-corrected chi connectivity index (χ3v) is 14.2. The third-order valence-electron chi connectivity index (χ3n) is 14.2. The van der Waals surface area contributed by atoms with Crippen molar-refractivity contribution in [3.05, 3.63) is 46.7 Å². The van der Waals surface area contributed by atoms with Crippen LogP contribution in [0, 0.1) is 58.2 Å². The van der Waals surface area contributed by atoms with Crippen LogP contribution in [-0.2, 0) is 89.3 Å². The first-order valence-electron chi connectivity index (χ1n) is 17.9. The maximum Gasteiger partial charge on any atom is 0.315 e. The molecule has 0 N–H and O–H groups in total. The van der Waals surface area contributed by atoms with Gasteiger partial charge >= 0.3 is 11.9 Å². The number of hydrogen-bond donors (Lipinski definition) is 0. The number of carbonyl (C=O) groups excluding carboxylic acids is 3. The largest absolute Gasteiger partial charge is 0.431 e. The molecule has 0 spiro atoms. The maximum absolute atomic E-state index is 12.9. The minimum atomic E-state index is -0.220. The van der Waals surface area contributed by atoms with E-state index >= 15 is 0 Å². The van der Waals surface area contributed by atoms with E-state index in [4.69, 9.17) is 9.47 Å². The van der Waals surface area contributed by atoms with Crippen molar-refractivity contribution < 1.29 is 89.3 Å². The van der Waals surface area contributed by atoms with Gasteiger partial charge in [0.15, 0.2) is 0 Å². The molecule has 0 aromatic rings. The maximum atomic E-state index is 12.9. The fourth-order valence-electron chi connectivity index (χ4n) is 11.0. The Morgan fingerprint density at radius 1 is 0.646 bits per heavy atom. The summed E-state index contributed by atoms with van der Waals surface area (Å²) in [6.45, 7) is 13.6. The monoisotopic (exact) mass is 920 g/mol. The fourth-order valence-corrected chi connectivity index (χ4v) is 11.0. The minimum absolute atomic E-state index is 0. The second-order valence-electron chi connectivity index (χ2n) is 16.7. The first-order chi connectivity index (χ1) is 21.8. The SMILES string of the molecule is CC(C)=C1CCC2(C)C(C1)C(=O)OC1=C3CC[CH-]C3(C)CCC12.CC12[CH-]CCC1=C1OC(=O)C3CC(=O)CCC3(C)C1CC2.CI.[Y].[Y]. The molecule has 260 valence electrons. The molecule has 6 aliphatic carbocycles. The van der Waals surface area contributed by atoms with Crippen molar-refractivity contribution in [3.63, 3.8) is 0 Å². The van der Waals surface area contributed by atoms with Gasteiger partial charge in [0, 0.05) is 90.1 Å². The molecule has 0 aromatic heterocycles. The van der Waals surface area contributed by atoms with Crippen molar-refractivity contribution in [2.75, 3.05) is 4.93 Å². The molecule has 0 aromatic carbocycles. The predicted molar refractivity (Wildman–Crippen MR) is 189 cm³/mol. The minimum Gasteiger partial charge on any atom is -0.431 e. The van der Waals surface area contributed by atoms with E-state index in [1.54, 1.807) is 0 Å². The summed E-state index contributed by atoms with van der Waals surface area (Å²) >= 11 is 2.15. The number of fused-ring (bicyclic) bond motifs is 8. The predicted octanol–water partition coefficient (Wildman–Crippen LogP) is 9.99. The number of allylic oxidation sites excluding steroid dienone is 6. The molecule has 2 aliphatic heterocycles. The van der Waals surface area contributed by atoms with E-state index in [1.807, 2.05) is 4.93 Å². The van der Waals surface area contributed by atoms with Gasteiger partial charge < -0.3 is 22.3 Å². The number of ketones is 1. The molecular weight excluding hydrogens is 865 g/mol. The summed E-state index contributed by atoms with van der Waals surface area (Å²) in [5.74, 6) is 2.81. The summed E-state index contributed by atoms with van der Waals surface area (Å²) in [5, 5.41) is 0. The molecule has 8 unspecified atom stereocenters. The van der Waals surface area contributed by atoms with Crippen LogP contribution in [0.25, 0.3) is 0 Å². The molecule has 8 rings (SSSR count). The molecule has 6 fully saturated rings. The van der Waals surface area contributed by atoms with Gasteiger partial charge in [-0.3, -0.25) is 14.4 Å². The zero-order valence-electron chi connectivity index (χ0n) is 30.4. The first-order valence-corrected chi connectivity index (χ1v) is 20.1. The van der Waals surface area contributed by atoms with Gasteiger partial charge in [-0.05, 0) is 68.1 Å². The van der Waals surface area contributed by atoms with E-state index in [0.29, 0.717) is 24.7 Å². The zero-order chi connectivity index (χ0) is 33.2. The van der Waals surface area contributed by atoms with E-state index in [-0.39, 0.29) is 117 Å². The number of ether oxygens (including phenoxy) is 2. The second kappa shape index (κ2) is 15.6. The van der Waals surface area contributed by atoms with E-state index < -0.39 is 0 Å². The quantitative estimate of drug-likeness (QED) is 0.0796. The Morgan fingerprint density at radius 3 is 1.54 bits per heavy atom. The van der Waals surface area contributed by atoms with Gasteiger partial charge in [0.05, 0.1) is 11.8 Å². The van der Waals surface area contributed by atoms with Crippen LogP contribution in [0.4, 0.5) is 0 Å². The average Bonchev–Trinajstić information content (AvgIpc) is 3.62. The number of halogens is 1. The molecule has 48 heavy (non-hydrogen) atoms. The fraction of sp³-hybridized carbons (Fsp3) is 0.725. The van der Waals surface area contributed by atoms with Crippen LogP contribution >= 0.6 is 22.6 Å².